The van der Waals surface area contributed by atoms with E-state index in [-0.39, 0.29) is 13.0 Å². The zero-order valence-electron chi connectivity index (χ0n) is 15.5. The van der Waals surface area contributed by atoms with Gasteiger partial charge in [0.05, 0.1) is 25.2 Å². The maximum Gasteiger partial charge on any atom is 0.310 e. The van der Waals surface area contributed by atoms with Crippen molar-refractivity contribution in [2.24, 2.45) is 0 Å². The van der Waals surface area contributed by atoms with Gasteiger partial charge in [-0.2, -0.15) is 0 Å². The highest BCUT2D eigenvalue weighted by Gasteiger charge is 2.18. The Hall–Kier alpha value is -2.73. The number of methoxy groups -OCH3 is 1. The fraction of sp³-hybridized carbons (Fsp3) is 0.300. The summed E-state index contributed by atoms with van der Waals surface area (Å²) in [4.78, 5) is 24.0. The normalized spacial score (nSPS) is 11.4. The first kappa shape index (κ1) is 20.6. The van der Waals surface area contributed by atoms with Crippen molar-refractivity contribution >= 4 is 29.2 Å². The molecule has 0 radical (unpaired) electrons. The minimum absolute atomic E-state index is 0.0416. The molecular formula is C20H22ClNO5. The molecule has 0 aliphatic heterocycles. The van der Waals surface area contributed by atoms with Gasteiger partial charge in [-0.15, -0.1) is 0 Å². The number of benzene rings is 2. The van der Waals surface area contributed by atoms with Crippen LogP contribution in [0.1, 0.15) is 18.9 Å². The largest absolute Gasteiger partial charge is 0.495 e. The Morgan fingerprint density at radius 2 is 1.96 bits per heavy atom. The first-order chi connectivity index (χ1) is 12.9. The highest BCUT2D eigenvalue weighted by Crippen LogP contribution is 2.27. The molecule has 144 valence electrons. The zero-order valence-corrected chi connectivity index (χ0v) is 16.2. The van der Waals surface area contributed by atoms with E-state index in [1.165, 1.54) is 14.0 Å². The van der Waals surface area contributed by atoms with Gasteiger partial charge in [-0.25, -0.2) is 0 Å². The van der Waals surface area contributed by atoms with Crippen LogP contribution in [0.25, 0.3) is 0 Å². The first-order valence-electron chi connectivity index (χ1n) is 8.42. The molecule has 6 nitrogen and oxygen atoms in total. The smallest absolute Gasteiger partial charge is 0.310 e. The highest BCUT2D eigenvalue weighted by molar-refractivity contribution is 6.32. The van der Waals surface area contributed by atoms with E-state index in [1.54, 1.807) is 18.2 Å². The van der Waals surface area contributed by atoms with Crippen molar-refractivity contribution in [3.63, 3.8) is 0 Å². The van der Waals surface area contributed by atoms with Crippen LogP contribution in [0, 0.1) is 6.92 Å². The molecule has 0 saturated carbocycles. The Balaban J connectivity index is 1.77. The fourth-order valence-corrected chi connectivity index (χ4v) is 2.51. The second-order valence-electron chi connectivity index (χ2n) is 5.89. The van der Waals surface area contributed by atoms with Gasteiger partial charge in [0.25, 0.3) is 5.91 Å². The summed E-state index contributed by atoms with van der Waals surface area (Å²) < 4.78 is 15.7. The molecule has 0 saturated heterocycles. The lowest BCUT2D eigenvalue weighted by Crippen LogP contribution is -2.30. The number of esters is 1. The van der Waals surface area contributed by atoms with E-state index >= 15 is 0 Å². The Morgan fingerprint density at radius 3 is 2.63 bits per heavy atom. The molecule has 0 aliphatic rings. The van der Waals surface area contributed by atoms with Gasteiger partial charge in [-0.3, -0.25) is 9.59 Å². The van der Waals surface area contributed by atoms with Crippen molar-refractivity contribution in [2.75, 3.05) is 19.0 Å². The van der Waals surface area contributed by atoms with Gasteiger partial charge in [-0.05, 0) is 49.7 Å². The molecule has 0 aliphatic carbocycles. The molecule has 27 heavy (non-hydrogen) atoms. The summed E-state index contributed by atoms with van der Waals surface area (Å²) in [5.41, 5.74) is 1.55. The number of amides is 1. The Labute approximate surface area is 163 Å². The second-order valence-corrected chi connectivity index (χ2v) is 6.29. The van der Waals surface area contributed by atoms with Crippen LogP contribution in [0.4, 0.5) is 5.69 Å². The van der Waals surface area contributed by atoms with Crippen LogP contribution < -0.4 is 14.8 Å². The molecular weight excluding hydrogens is 370 g/mol. The summed E-state index contributed by atoms with van der Waals surface area (Å²) in [7, 11) is 1.50. The third-order valence-electron chi connectivity index (χ3n) is 3.66. The third-order valence-corrected chi connectivity index (χ3v) is 3.96. The minimum Gasteiger partial charge on any atom is -0.495 e. The molecule has 0 bridgehead atoms. The third kappa shape index (κ3) is 6.49. The number of ether oxygens (including phenoxy) is 3. The van der Waals surface area contributed by atoms with Crippen molar-refractivity contribution in [3.8, 4) is 11.5 Å². The number of hydrogen-bond acceptors (Lipinski definition) is 5. The Morgan fingerprint density at radius 1 is 1.19 bits per heavy atom. The van der Waals surface area contributed by atoms with E-state index in [2.05, 4.69) is 5.32 Å². The maximum atomic E-state index is 12.2. The standard InChI is InChI=1S/C20H22ClNO5/c1-13-5-4-6-16(11-13)26-10-9-19(23)27-14(2)20(24)22-15-7-8-18(25-3)17(21)12-15/h4-8,11-12,14H,9-10H2,1-3H3,(H,22,24)/t14-/m1/s1. The first-order valence-corrected chi connectivity index (χ1v) is 8.80. The molecule has 0 heterocycles. The molecule has 2 aromatic rings. The SMILES string of the molecule is COc1ccc(NC(=O)[C@@H](C)OC(=O)CCOc2cccc(C)c2)cc1Cl. The van der Waals surface area contributed by atoms with Crippen molar-refractivity contribution in [2.45, 2.75) is 26.4 Å². The van der Waals surface area contributed by atoms with E-state index in [9.17, 15) is 9.59 Å². The molecule has 1 N–H and O–H groups in total. The number of aryl methyl sites for hydroxylation is 1. The van der Waals surface area contributed by atoms with E-state index in [1.807, 2.05) is 31.2 Å². The molecule has 7 heteroatoms. The van der Waals surface area contributed by atoms with Gasteiger partial charge in [0.2, 0.25) is 0 Å². The average Bonchev–Trinajstić information content (AvgIpc) is 2.62. The van der Waals surface area contributed by atoms with Crippen LogP contribution in [0.2, 0.25) is 5.02 Å². The van der Waals surface area contributed by atoms with Gasteiger partial charge in [0.1, 0.15) is 11.5 Å². The van der Waals surface area contributed by atoms with Crippen LogP contribution in [-0.2, 0) is 14.3 Å². The quantitative estimate of drug-likeness (QED) is 0.688. The monoisotopic (exact) mass is 391 g/mol. The van der Waals surface area contributed by atoms with E-state index in [0.717, 1.165) is 5.56 Å². The number of carbonyl (C=O) groups excluding carboxylic acids is 2. The second kappa shape index (κ2) is 9.83. The Kier molecular flexibility index (Phi) is 7.49. The van der Waals surface area contributed by atoms with Crippen LogP contribution in [0.3, 0.4) is 0 Å². The highest BCUT2D eigenvalue weighted by atomic mass is 35.5. The van der Waals surface area contributed by atoms with Crippen molar-refractivity contribution in [1.29, 1.82) is 0 Å². The zero-order chi connectivity index (χ0) is 19.8. The summed E-state index contributed by atoms with van der Waals surface area (Å²) in [6.07, 6.45) is -0.905. The summed E-state index contributed by atoms with van der Waals surface area (Å²) in [6.45, 7) is 3.63. The predicted octanol–water partition coefficient (Wildman–Crippen LogP) is 4.00. The van der Waals surface area contributed by atoms with Gasteiger partial charge < -0.3 is 19.5 Å². The lowest BCUT2D eigenvalue weighted by molar-refractivity contribution is -0.153. The lowest BCUT2D eigenvalue weighted by Gasteiger charge is -2.14. The summed E-state index contributed by atoms with van der Waals surface area (Å²) in [5.74, 6) is 0.218. The summed E-state index contributed by atoms with van der Waals surface area (Å²) in [5, 5.41) is 3.01. The number of halogens is 1. The van der Waals surface area contributed by atoms with Crippen LogP contribution in [0.5, 0.6) is 11.5 Å². The fourth-order valence-electron chi connectivity index (χ4n) is 2.25. The summed E-state index contributed by atoms with van der Waals surface area (Å²) in [6, 6.07) is 12.4. The number of hydrogen-bond donors (Lipinski definition) is 1. The van der Waals surface area contributed by atoms with Crippen molar-refractivity contribution < 1.29 is 23.8 Å². The van der Waals surface area contributed by atoms with Crippen LogP contribution in [0.15, 0.2) is 42.5 Å². The minimum atomic E-state index is -0.947. The number of carbonyl (C=O) groups is 2. The average molecular weight is 392 g/mol. The predicted molar refractivity (Wildman–Crippen MR) is 103 cm³/mol. The number of rotatable bonds is 8. The summed E-state index contributed by atoms with van der Waals surface area (Å²) >= 11 is 6.02. The van der Waals surface area contributed by atoms with E-state index < -0.39 is 18.0 Å². The van der Waals surface area contributed by atoms with E-state index in [4.69, 9.17) is 25.8 Å². The van der Waals surface area contributed by atoms with Gasteiger partial charge in [0.15, 0.2) is 6.10 Å². The van der Waals surface area contributed by atoms with E-state index in [0.29, 0.717) is 22.2 Å². The molecule has 1 amide bonds. The molecule has 1 atom stereocenters. The lowest BCUT2D eigenvalue weighted by atomic mass is 10.2. The van der Waals surface area contributed by atoms with Gasteiger partial charge >= 0.3 is 5.97 Å². The molecule has 0 unspecified atom stereocenters. The van der Waals surface area contributed by atoms with Crippen molar-refractivity contribution in [1.82, 2.24) is 0 Å². The van der Waals surface area contributed by atoms with Crippen molar-refractivity contribution in [3.05, 3.63) is 53.1 Å². The molecule has 2 rings (SSSR count). The van der Waals surface area contributed by atoms with Gasteiger partial charge in [-0.1, -0.05) is 23.7 Å². The van der Waals surface area contributed by atoms with Crippen LogP contribution >= 0.6 is 11.6 Å². The Bertz CT molecular complexity index is 809. The topological polar surface area (TPSA) is 73.9 Å². The molecule has 0 spiro atoms. The van der Waals surface area contributed by atoms with Gasteiger partial charge in [0, 0.05) is 5.69 Å². The number of anilines is 1. The maximum absolute atomic E-state index is 12.2. The molecule has 2 aromatic carbocycles. The molecule has 0 aromatic heterocycles. The van der Waals surface area contributed by atoms with Crippen LogP contribution in [-0.4, -0.2) is 31.7 Å². The number of nitrogens with one attached hydrogen (secondary N) is 1. The molecule has 0 fully saturated rings.